The van der Waals surface area contributed by atoms with Crippen molar-refractivity contribution < 1.29 is 22.7 Å². The zero-order chi connectivity index (χ0) is 24.4. The topological polar surface area (TPSA) is 74.3 Å². The largest absolute Gasteiger partial charge is 0.416 e. The molecule has 184 valence electrons. The van der Waals surface area contributed by atoms with Crippen LogP contribution in [0.1, 0.15) is 35.1 Å². The summed E-state index contributed by atoms with van der Waals surface area (Å²) in [6.45, 7) is 3.01. The number of piperidine rings is 1. The second-order valence-electron chi connectivity index (χ2n) is 8.98. The highest BCUT2D eigenvalue weighted by atomic mass is 19.4. The SMILES string of the molecule is O=C(N1CCOCC1)N1CC(c2ccc(C(F)(F)F)cc2)CC(c2cc(-c3ccncc3)n[nH]2)C1. The first kappa shape index (κ1) is 23.3. The number of aromatic amines is 1. The average molecular weight is 486 g/mol. The van der Waals surface area contributed by atoms with Crippen LogP contribution in [0.25, 0.3) is 11.3 Å². The Morgan fingerprint density at radius 1 is 0.971 bits per heavy atom. The van der Waals surface area contributed by atoms with E-state index in [1.807, 2.05) is 23.1 Å². The van der Waals surface area contributed by atoms with E-state index >= 15 is 0 Å². The first-order valence-electron chi connectivity index (χ1n) is 11.6. The summed E-state index contributed by atoms with van der Waals surface area (Å²) >= 11 is 0. The molecular weight excluding hydrogens is 459 g/mol. The molecule has 4 heterocycles. The standard InChI is InChI=1S/C25H26F3N5O2/c26-25(27,28)21-3-1-17(2-4-21)19-13-20(16-33(15-19)24(34)32-9-11-35-12-10-32)23-14-22(30-31-23)18-5-7-29-8-6-18/h1-8,14,19-20H,9-13,15-16H2,(H,30,31). The molecule has 2 aliphatic rings. The molecule has 1 N–H and O–H groups in total. The van der Waals surface area contributed by atoms with Gasteiger partial charge >= 0.3 is 12.2 Å². The van der Waals surface area contributed by atoms with E-state index in [4.69, 9.17) is 4.74 Å². The van der Waals surface area contributed by atoms with Gasteiger partial charge in [0.15, 0.2) is 0 Å². The van der Waals surface area contributed by atoms with Crippen molar-refractivity contribution in [3.8, 4) is 11.3 Å². The molecule has 0 aliphatic carbocycles. The summed E-state index contributed by atoms with van der Waals surface area (Å²) < 4.78 is 44.6. The monoisotopic (exact) mass is 485 g/mol. The van der Waals surface area contributed by atoms with Crippen LogP contribution in [-0.4, -0.2) is 70.4 Å². The normalized spacial score (nSPS) is 21.2. The van der Waals surface area contributed by atoms with E-state index < -0.39 is 11.7 Å². The van der Waals surface area contributed by atoms with E-state index in [0.717, 1.165) is 34.6 Å². The van der Waals surface area contributed by atoms with Crippen molar-refractivity contribution in [1.29, 1.82) is 0 Å². The lowest BCUT2D eigenvalue weighted by molar-refractivity contribution is -0.137. The number of carbonyl (C=O) groups is 1. The molecule has 2 fully saturated rings. The van der Waals surface area contributed by atoms with Crippen molar-refractivity contribution in [2.45, 2.75) is 24.4 Å². The van der Waals surface area contributed by atoms with E-state index in [-0.39, 0.29) is 17.9 Å². The number of likely N-dealkylation sites (tertiary alicyclic amines) is 1. The Morgan fingerprint density at radius 3 is 2.34 bits per heavy atom. The predicted molar refractivity (Wildman–Crippen MR) is 123 cm³/mol. The van der Waals surface area contributed by atoms with Crippen LogP contribution in [0.2, 0.25) is 0 Å². The Balaban J connectivity index is 1.41. The Bertz CT molecular complexity index is 1140. The molecular formula is C25H26F3N5O2. The Hall–Kier alpha value is -3.40. The van der Waals surface area contributed by atoms with Gasteiger partial charge in [0.05, 0.1) is 24.5 Å². The molecule has 2 atom stereocenters. The third-order valence-electron chi connectivity index (χ3n) is 6.73. The molecule has 10 heteroatoms. The number of aromatic nitrogens is 3. The maximum atomic E-state index is 13.3. The lowest BCUT2D eigenvalue weighted by Crippen LogP contribution is -2.52. The molecule has 7 nitrogen and oxygen atoms in total. The number of halogens is 3. The van der Waals surface area contributed by atoms with Crippen LogP contribution in [-0.2, 0) is 10.9 Å². The number of morpholine rings is 1. The van der Waals surface area contributed by atoms with Gasteiger partial charge < -0.3 is 14.5 Å². The van der Waals surface area contributed by atoms with Gasteiger partial charge in [-0.2, -0.15) is 18.3 Å². The molecule has 0 radical (unpaired) electrons. The lowest BCUT2D eigenvalue weighted by Gasteiger charge is -2.41. The third kappa shape index (κ3) is 5.17. The van der Waals surface area contributed by atoms with Gasteiger partial charge in [-0.3, -0.25) is 10.1 Å². The number of urea groups is 1. The van der Waals surface area contributed by atoms with Crippen LogP contribution in [0, 0.1) is 0 Å². The molecule has 0 spiro atoms. The van der Waals surface area contributed by atoms with Crippen LogP contribution in [0.5, 0.6) is 0 Å². The molecule has 2 saturated heterocycles. The van der Waals surface area contributed by atoms with Gasteiger partial charge in [0.2, 0.25) is 0 Å². The number of ether oxygens (including phenoxy) is 1. The fourth-order valence-electron chi connectivity index (χ4n) is 4.84. The van der Waals surface area contributed by atoms with Crippen molar-refractivity contribution in [2.24, 2.45) is 0 Å². The minimum absolute atomic E-state index is 0.0379. The van der Waals surface area contributed by atoms with E-state index in [1.54, 1.807) is 17.3 Å². The zero-order valence-electron chi connectivity index (χ0n) is 19.0. The van der Waals surface area contributed by atoms with Crippen LogP contribution in [0.15, 0.2) is 54.9 Å². The maximum Gasteiger partial charge on any atom is 0.416 e. The van der Waals surface area contributed by atoms with Gasteiger partial charge in [0.1, 0.15) is 0 Å². The summed E-state index contributed by atoms with van der Waals surface area (Å²) in [7, 11) is 0. The van der Waals surface area contributed by atoms with E-state index in [2.05, 4.69) is 15.2 Å². The van der Waals surface area contributed by atoms with Gasteiger partial charge in [0, 0.05) is 61.7 Å². The molecule has 3 aromatic rings. The zero-order valence-corrected chi connectivity index (χ0v) is 19.0. The highest BCUT2D eigenvalue weighted by molar-refractivity contribution is 5.75. The van der Waals surface area contributed by atoms with Crippen molar-refractivity contribution >= 4 is 6.03 Å². The Kier molecular flexibility index (Phi) is 6.46. The Morgan fingerprint density at radius 2 is 1.66 bits per heavy atom. The summed E-state index contributed by atoms with van der Waals surface area (Å²) in [6.07, 6.45) is -0.289. The van der Waals surface area contributed by atoms with Crippen molar-refractivity contribution in [3.63, 3.8) is 0 Å². The summed E-state index contributed by atoms with van der Waals surface area (Å²) in [4.78, 5) is 21.0. The first-order chi connectivity index (χ1) is 16.9. The molecule has 2 amide bonds. The Labute approximate surface area is 200 Å². The predicted octanol–water partition coefficient (Wildman–Crippen LogP) is 4.52. The maximum absolute atomic E-state index is 13.3. The van der Waals surface area contributed by atoms with Crippen LogP contribution in [0.4, 0.5) is 18.0 Å². The minimum atomic E-state index is -4.38. The first-order valence-corrected chi connectivity index (χ1v) is 11.6. The summed E-state index contributed by atoms with van der Waals surface area (Å²) in [5.41, 5.74) is 2.72. The van der Waals surface area contributed by atoms with Gasteiger partial charge in [-0.05, 0) is 42.3 Å². The number of nitrogens with one attached hydrogen (secondary N) is 1. The molecule has 0 saturated carbocycles. The number of H-pyrrole nitrogens is 1. The second-order valence-corrected chi connectivity index (χ2v) is 8.98. The second kappa shape index (κ2) is 9.69. The fraction of sp³-hybridized carbons (Fsp3) is 0.400. The molecule has 5 rings (SSSR count). The van der Waals surface area contributed by atoms with Crippen LogP contribution < -0.4 is 0 Å². The molecule has 2 unspecified atom stereocenters. The van der Waals surface area contributed by atoms with Crippen molar-refractivity contribution in [1.82, 2.24) is 25.0 Å². The molecule has 35 heavy (non-hydrogen) atoms. The van der Waals surface area contributed by atoms with E-state index in [1.165, 1.54) is 12.1 Å². The number of alkyl halides is 3. The number of benzene rings is 1. The number of hydrogen-bond donors (Lipinski definition) is 1. The number of amides is 2. The van der Waals surface area contributed by atoms with Gasteiger partial charge in [-0.15, -0.1) is 0 Å². The lowest BCUT2D eigenvalue weighted by atomic mass is 9.82. The summed E-state index contributed by atoms with van der Waals surface area (Å²) in [5, 5.41) is 7.57. The fourth-order valence-corrected chi connectivity index (χ4v) is 4.84. The van der Waals surface area contributed by atoms with E-state index in [9.17, 15) is 18.0 Å². The van der Waals surface area contributed by atoms with Gasteiger partial charge in [0.25, 0.3) is 0 Å². The highest BCUT2D eigenvalue weighted by Crippen LogP contribution is 2.38. The number of hydrogen-bond acceptors (Lipinski definition) is 4. The number of carbonyl (C=O) groups excluding carboxylic acids is 1. The number of rotatable bonds is 3. The smallest absolute Gasteiger partial charge is 0.378 e. The quantitative estimate of drug-likeness (QED) is 0.592. The number of nitrogens with zero attached hydrogens (tertiary/aromatic N) is 4. The summed E-state index contributed by atoms with van der Waals surface area (Å²) in [5.74, 6) is -0.141. The van der Waals surface area contributed by atoms with E-state index in [0.29, 0.717) is 45.8 Å². The minimum Gasteiger partial charge on any atom is -0.378 e. The molecule has 2 aromatic heterocycles. The van der Waals surface area contributed by atoms with Gasteiger partial charge in [-0.25, -0.2) is 4.79 Å². The molecule has 0 bridgehead atoms. The van der Waals surface area contributed by atoms with Crippen LogP contribution in [0.3, 0.4) is 0 Å². The summed E-state index contributed by atoms with van der Waals surface area (Å²) in [6, 6.07) is 11.0. The third-order valence-corrected chi connectivity index (χ3v) is 6.73. The van der Waals surface area contributed by atoms with Crippen LogP contribution >= 0.6 is 0 Å². The van der Waals surface area contributed by atoms with Crippen molar-refractivity contribution in [3.05, 3.63) is 71.7 Å². The molecule has 1 aromatic carbocycles. The molecule has 2 aliphatic heterocycles. The highest BCUT2D eigenvalue weighted by Gasteiger charge is 2.36. The average Bonchev–Trinajstić information content (AvgIpc) is 3.39. The van der Waals surface area contributed by atoms with Gasteiger partial charge in [-0.1, -0.05) is 12.1 Å². The van der Waals surface area contributed by atoms with Crippen molar-refractivity contribution in [2.75, 3.05) is 39.4 Å². The number of pyridine rings is 1.